The number of hydrogen-bond acceptors (Lipinski definition) is 4. The number of likely N-dealkylation sites (N-methyl/N-ethyl adjacent to an activating group) is 2. The summed E-state index contributed by atoms with van der Waals surface area (Å²) in [4.78, 5) is 15.9. The van der Waals surface area contributed by atoms with Gasteiger partial charge in [-0.3, -0.25) is 0 Å². The fraction of sp³-hybridized carbons (Fsp3) is 1.00. The maximum atomic E-state index is 5.84. The van der Waals surface area contributed by atoms with Crippen LogP contribution in [-0.4, -0.2) is 63.3 Å². The molecule has 0 aromatic heterocycles. The van der Waals surface area contributed by atoms with Gasteiger partial charge < -0.3 is 9.80 Å². The third kappa shape index (κ3) is 8.20. The van der Waals surface area contributed by atoms with Crippen molar-refractivity contribution in [2.24, 2.45) is 10.8 Å². The molecule has 0 radical (unpaired) electrons. The van der Waals surface area contributed by atoms with E-state index in [4.69, 9.17) is 9.78 Å². The quantitative estimate of drug-likeness (QED) is 0.531. The third-order valence-electron chi connectivity index (χ3n) is 3.28. The van der Waals surface area contributed by atoms with Crippen molar-refractivity contribution in [2.45, 2.75) is 53.8 Å². The van der Waals surface area contributed by atoms with E-state index >= 15 is 0 Å². The van der Waals surface area contributed by atoms with E-state index in [0.29, 0.717) is 0 Å². The SMILES string of the molecule is CN(C)CC(OOC(CN(C)C)C(C)(C)C)C(C)(C)C. The van der Waals surface area contributed by atoms with Crippen LogP contribution in [0.2, 0.25) is 0 Å². The summed E-state index contributed by atoms with van der Waals surface area (Å²) in [5.74, 6) is 0. The van der Waals surface area contributed by atoms with Crippen molar-refractivity contribution in [3.63, 3.8) is 0 Å². The van der Waals surface area contributed by atoms with Crippen molar-refractivity contribution in [3.8, 4) is 0 Å². The maximum Gasteiger partial charge on any atom is 0.110 e. The number of hydrogen-bond donors (Lipinski definition) is 0. The fourth-order valence-corrected chi connectivity index (χ4v) is 1.69. The van der Waals surface area contributed by atoms with E-state index < -0.39 is 0 Å². The second-order valence-electron chi connectivity index (χ2n) is 8.43. The summed E-state index contributed by atoms with van der Waals surface area (Å²) in [5, 5.41) is 0. The summed E-state index contributed by atoms with van der Waals surface area (Å²) in [5.41, 5.74) is 0.0929. The van der Waals surface area contributed by atoms with E-state index in [0.717, 1.165) is 13.1 Å². The smallest absolute Gasteiger partial charge is 0.110 e. The number of nitrogens with zero attached hydrogens (tertiary/aromatic N) is 2. The molecule has 0 aliphatic rings. The first-order chi connectivity index (χ1) is 8.84. The van der Waals surface area contributed by atoms with Crippen molar-refractivity contribution in [3.05, 3.63) is 0 Å². The van der Waals surface area contributed by atoms with Crippen molar-refractivity contribution >= 4 is 0 Å². The molecular weight excluding hydrogens is 252 g/mol. The van der Waals surface area contributed by atoms with Crippen molar-refractivity contribution in [2.75, 3.05) is 41.3 Å². The Balaban J connectivity index is 4.70. The summed E-state index contributed by atoms with van der Waals surface area (Å²) in [6.07, 6.45) is 0.0917. The molecule has 0 N–H and O–H groups in total. The highest BCUT2D eigenvalue weighted by molar-refractivity contribution is 4.78. The highest BCUT2D eigenvalue weighted by Gasteiger charge is 2.32. The van der Waals surface area contributed by atoms with Crippen LogP contribution < -0.4 is 0 Å². The number of rotatable bonds is 7. The summed E-state index contributed by atoms with van der Waals surface area (Å²) in [7, 11) is 8.23. The largest absolute Gasteiger partial charge is 0.307 e. The Bertz CT molecular complexity index is 237. The van der Waals surface area contributed by atoms with E-state index in [-0.39, 0.29) is 23.0 Å². The van der Waals surface area contributed by atoms with Crippen molar-refractivity contribution in [1.82, 2.24) is 9.80 Å². The average Bonchev–Trinajstić information content (AvgIpc) is 2.17. The standard InChI is InChI=1S/C16H36N2O2/c1-15(2,3)13(11-17(7)8)19-20-14(12-18(9)10)16(4,5)6/h13-14H,11-12H2,1-10H3. The molecule has 0 rings (SSSR count). The molecule has 122 valence electrons. The van der Waals surface area contributed by atoms with Crippen LogP contribution in [0.25, 0.3) is 0 Å². The van der Waals surface area contributed by atoms with Gasteiger partial charge in [0.25, 0.3) is 0 Å². The van der Waals surface area contributed by atoms with Gasteiger partial charge in [0.05, 0.1) is 0 Å². The molecule has 0 bridgehead atoms. The van der Waals surface area contributed by atoms with E-state index in [9.17, 15) is 0 Å². The molecule has 0 amide bonds. The van der Waals surface area contributed by atoms with Crippen molar-refractivity contribution in [1.29, 1.82) is 0 Å². The zero-order valence-corrected chi connectivity index (χ0v) is 15.3. The lowest BCUT2D eigenvalue weighted by atomic mass is 9.88. The molecule has 0 saturated carbocycles. The minimum Gasteiger partial charge on any atom is -0.307 e. The van der Waals surface area contributed by atoms with Crippen LogP contribution in [0.5, 0.6) is 0 Å². The van der Waals surface area contributed by atoms with Crippen molar-refractivity contribution < 1.29 is 9.78 Å². The molecular formula is C16H36N2O2. The Morgan fingerprint density at radius 1 is 0.650 bits per heavy atom. The lowest BCUT2D eigenvalue weighted by Crippen LogP contribution is -2.43. The van der Waals surface area contributed by atoms with Gasteiger partial charge >= 0.3 is 0 Å². The van der Waals surface area contributed by atoms with E-state index in [2.05, 4.69) is 79.5 Å². The van der Waals surface area contributed by atoms with Crippen LogP contribution in [0.4, 0.5) is 0 Å². The molecule has 4 nitrogen and oxygen atoms in total. The summed E-state index contributed by atoms with van der Waals surface area (Å²) in [6.45, 7) is 14.8. The molecule has 0 aromatic carbocycles. The first-order valence-electron chi connectivity index (χ1n) is 7.45. The van der Waals surface area contributed by atoms with Crippen LogP contribution >= 0.6 is 0 Å². The highest BCUT2D eigenvalue weighted by Crippen LogP contribution is 2.27. The Kier molecular flexibility index (Phi) is 7.67. The molecule has 0 aromatic rings. The van der Waals surface area contributed by atoms with Gasteiger partial charge in [-0.15, -0.1) is 0 Å². The van der Waals surface area contributed by atoms with Crippen LogP contribution in [0.3, 0.4) is 0 Å². The van der Waals surface area contributed by atoms with Gasteiger partial charge in [0.2, 0.25) is 0 Å². The fourth-order valence-electron chi connectivity index (χ4n) is 1.69. The van der Waals surface area contributed by atoms with Crippen LogP contribution in [0.1, 0.15) is 41.5 Å². The summed E-state index contributed by atoms with van der Waals surface area (Å²) >= 11 is 0. The zero-order valence-electron chi connectivity index (χ0n) is 15.3. The Morgan fingerprint density at radius 2 is 0.900 bits per heavy atom. The molecule has 0 aliphatic heterocycles. The normalized spacial score (nSPS) is 16.8. The van der Waals surface area contributed by atoms with Gasteiger partial charge in [-0.2, -0.15) is 0 Å². The molecule has 0 heterocycles. The van der Waals surface area contributed by atoms with Gasteiger partial charge in [0, 0.05) is 13.1 Å². The molecule has 0 spiro atoms. The molecule has 4 heteroatoms. The van der Waals surface area contributed by atoms with Crippen LogP contribution in [0.15, 0.2) is 0 Å². The predicted octanol–water partition coefficient (Wildman–Crippen LogP) is 2.89. The van der Waals surface area contributed by atoms with E-state index in [1.165, 1.54) is 0 Å². The monoisotopic (exact) mass is 288 g/mol. The Morgan fingerprint density at radius 3 is 1.05 bits per heavy atom. The second kappa shape index (κ2) is 7.74. The van der Waals surface area contributed by atoms with Gasteiger partial charge in [-0.25, -0.2) is 9.78 Å². The van der Waals surface area contributed by atoms with E-state index in [1.54, 1.807) is 0 Å². The first-order valence-corrected chi connectivity index (χ1v) is 7.45. The second-order valence-corrected chi connectivity index (χ2v) is 8.43. The predicted molar refractivity (Wildman–Crippen MR) is 85.8 cm³/mol. The molecule has 0 aliphatic carbocycles. The van der Waals surface area contributed by atoms with Crippen LogP contribution in [-0.2, 0) is 9.78 Å². The van der Waals surface area contributed by atoms with Crippen LogP contribution in [0, 0.1) is 10.8 Å². The molecule has 2 unspecified atom stereocenters. The summed E-state index contributed by atoms with van der Waals surface area (Å²) in [6, 6.07) is 0. The summed E-state index contributed by atoms with van der Waals surface area (Å²) < 4.78 is 0. The third-order valence-corrected chi connectivity index (χ3v) is 3.28. The molecule has 0 fully saturated rings. The van der Waals surface area contributed by atoms with Gasteiger partial charge in [0.15, 0.2) is 0 Å². The Hall–Kier alpha value is -0.160. The lowest BCUT2D eigenvalue weighted by Gasteiger charge is -2.36. The van der Waals surface area contributed by atoms with Gasteiger partial charge in [-0.05, 0) is 39.0 Å². The van der Waals surface area contributed by atoms with Gasteiger partial charge in [-0.1, -0.05) is 41.5 Å². The zero-order chi connectivity index (χ0) is 16.1. The molecule has 20 heavy (non-hydrogen) atoms. The molecule has 2 atom stereocenters. The highest BCUT2D eigenvalue weighted by atomic mass is 17.2. The average molecular weight is 288 g/mol. The lowest BCUT2D eigenvalue weighted by molar-refractivity contribution is -0.380. The minimum atomic E-state index is 0.0458. The van der Waals surface area contributed by atoms with Gasteiger partial charge in [0.1, 0.15) is 12.2 Å². The Labute approximate surface area is 126 Å². The topological polar surface area (TPSA) is 24.9 Å². The maximum absolute atomic E-state index is 5.84. The first kappa shape index (κ1) is 19.8. The minimum absolute atomic E-state index is 0.0458. The molecule has 0 saturated heterocycles. The van der Waals surface area contributed by atoms with E-state index in [1.807, 2.05) is 0 Å².